The van der Waals surface area contributed by atoms with E-state index in [1.165, 1.54) is 0 Å². The van der Waals surface area contributed by atoms with E-state index < -0.39 is 0 Å². The highest BCUT2D eigenvalue weighted by Crippen LogP contribution is 2.27. The molecule has 6 nitrogen and oxygen atoms in total. The zero-order valence-corrected chi connectivity index (χ0v) is 17.9. The lowest BCUT2D eigenvalue weighted by atomic mass is 10.1. The summed E-state index contributed by atoms with van der Waals surface area (Å²) in [6.07, 6.45) is 0.629. The molecule has 0 spiro atoms. The highest BCUT2D eigenvalue weighted by atomic mass is 16.5. The summed E-state index contributed by atoms with van der Waals surface area (Å²) in [7, 11) is 3.18. The molecule has 3 rings (SSSR count). The molecule has 0 fully saturated rings. The summed E-state index contributed by atoms with van der Waals surface area (Å²) in [4.78, 5) is 25.3. The maximum Gasteiger partial charge on any atom is 0.255 e. The van der Waals surface area contributed by atoms with Crippen molar-refractivity contribution in [2.75, 3.05) is 26.1 Å². The van der Waals surface area contributed by atoms with Gasteiger partial charge in [-0.05, 0) is 55.3 Å². The van der Waals surface area contributed by atoms with Gasteiger partial charge in [0.05, 0.1) is 25.5 Å². The van der Waals surface area contributed by atoms with Gasteiger partial charge >= 0.3 is 0 Å². The highest BCUT2D eigenvalue weighted by molar-refractivity contribution is 6.09. The molecule has 6 heteroatoms. The summed E-state index contributed by atoms with van der Waals surface area (Å²) in [5, 5.41) is 5.74. The molecular formula is C25H26N2O4. The fourth-order valence-corrected chi connectivity index (χ4v) is 3.14. The van der Waals surface area contributed by atoms with Crippen molar-refractivity contribution in [1.82, 2.24) is 5.32 Å². The molecule has 0 radical (unpaired) electrons. The average Bonchev–Trinajstić information content (AvgIpc) is 2.79. The van der Waals surface area contributed by atoms with Gasteiger partial charge in [-0.25, -0.2) is 0 Å². The summed E-state index contributed by atoms with van der Waals surface area (Å²) in [5.74, 6) is 0.801. The molecule has 0 bridgehead atoms. The molecule has 0 heterocycles. The van der Waals surface area contributed by atoms with E-state index >= 15 is 0 Å². The minimum absolute atomic E-state index is 0.250. The third-order valence-electron chi connectivity index (χ3n) is 4.88. The van der Waals surface area contributed by atoms with Gasteiger partial charge in [-0.15, -0.1) is 0 Å². The number of ether oxygens (including phenoxy) is 2. The van der Waals surface area contributed by atoms with Crippen molar-refractivity contribution in [3.8, 4) is 11.5 Å². The topological polar surface area (TPSA) is 76.7 Å². The van der Waals surface area contributed by atoms with Gasteiger partial charge in [0.25, 0.3) is 11.8 Å². The number of para-hydroxylation sites is 1. The predicted octanol–water partition coefficient (Wildman–Crippen LogP) is 4.24. The van der Waals surface area contributed by atoms with Crippen molar-refractivity contribution in [3.63, 3.8) is 0 Å². The van der Waals surface area contributed by atoms with Gasteiger partial charge < -0.3 is 20.1 Å². The molecule has 2 amide bonds. The molecule has 0 aromatic heterocycles. The molecule has 0 aliphatic carbocycles. The fraction of sp³-hybridized carbons (Fsp3) is 0.200. The molecule has 0 saturated heterocycles. The predicted molar refractivity (Wildman–Crippen MR) is 121 cm³/mol. The Kier molecular flexibility index (Phi) is 7.27. The van der Waals surface area contributed by atoms with Crippen LogP contribution >= 0.6 is 0 Å². The van der Waals surface area contributed by atoms with E-state index in [4.69, 9.17) is 9.47 Å². The Hall–Kier alpha value is -3.80. The number of hydrogen-bond acceptors (Lipinski definition) is 4. The molecule has 2 N–H and O–H groups in total. The molecular weight excluding hydrogens is 392 g/mol. The van der Waals surface area contributed by atoms with Gasteiger partial charge in [-0.3, -0.25) is 9.59 Å². The maximum atomic E-state index is 12.7. The number of amides is 2. The lowest BCUT2D eigenvalue weighted by Gasteiger charge is -2.12. The van der Waals surface area contributed by atoms with Crippen LogP contribution in [-0.2, 0) is 6.42 Å². The van der Waals surface area contributed by atoms with Crippen LogP contribution in [-0.4, -0.2) is 32.6 Å². The Morgan fingerprint density at radius 3 is 2.26 bits per heavy atom. The van der Waals surface area contributed by atoms with E-state index in [1.54, 1.807) is 50.6 Å². The molecule has 0 aliphatic rings. The average molecular weight is 418 g/mol. The fourth-order valence-electron chi connectivity index (χ4n) is 3.14. The zero-order chi connectivity index (χ0) is 22.2. The monoisotopic (exact) mass is 418 g/mol. The Morgan fingerprint density at radius 1 is 0.839 bits per heavy atom. The summed E-state index contributed by atoms with van der Waals surface area (Å²) in [5.41, 5.74) is 3.51. The summed E-state index contributed by atoms with van der Waals surface area (Å²) >= 11 is 0. The first-order chi connectivity index (χ1) is 15.0. The van der Waals surface area contributed by atoms with Crippen LogP contribution in [0.2, 0.25) is 0 Å². The Labute approximate surface area is 182 Å². The molecule has 31 heavy (non-hydrogen) atoms. The van der Waals surface area contributed by atoms with Crippen LogP contribution in [0.1, 0.15) is 31.8 Å². The van der Waals surface area contributed by atoms with E-state index in [0.717, 1.165) is 11.1 Å². The normalized spacial score (nSPS) is 10.3. The molecule has 3 aromatic rings. The van der Waals surface area contributed by atoms with Gasteiger partial charge in [-0.2, -0.15) is 0 Å². The second-order valence-electron chi connectivity index (χ2n) is 7.06. The molecule has 160 valence electrons. The van der Waals surface area contributed by atoms with E-state index in [0.29, 0.717) is 41.3 Å². The van der Waals surface area contributed by atoms with Gasteiger partial charge in [0, 0.05) is 12.1 Å². The third-order valence-corrected chi connectivity index (χ3v) is 4.88. The number of rotatable bonds is 8. The summed E-state index contributed by atoms with van der Waals surface area (Å²) < 4.78 is 10.6. The van der Waals surface area contributed by atoms with Crippen molar-refractivity contribution in [2.24, 2.45) is 0 Å². The first-order valence-electron chi connectivity index (χ1n) is 9.98. The van der Waals surface area contributed by atoms with Gasteiger partial charge in [0.15, 0.2) is 11.5 Å². The van der Waals surface area contributed by atoms with Gasteiger partial charge in [-0.1, -0.05) is 35.9 Å². The van der Waals surface area contributed by atoms with E-state index in [1.807, 2.05) is 37.3 Å². The maximum absolute atomic E-state index is 12.7. The lowest BCUT2D eigenvalue weighted by Crippen LogP contribution is -2.27. The second kappa shape index (κ2) is 10.3. The lowest BCUT2D eigenvalue weighted by molar-refractivity contribution is 0.0955. The van der Waals surface area contributed by atoms with Crippen LogP contribution in [0.25, 0.3) is 0 Å². The summed E-state index contributed by atoms with van der Waals surface area (Å²) in [6.45, 7) is 2.40. The number of methoxy groups -OCH3 is 2. The number of hydrogen-bond donors (Lipinski definition) is 2. The quantitative estimate of drug-likeness (QED) is 0.574. The molecule has 0 aliphatic heterocycles. The SMILES string of the molecule is COc1ccc(CCNC(=O)c2ccccc2NC(=O)c2ccc(C)cc2)cc1OC. The number of anilines is 1. The largest absolute Gasteiger partial charge is 0.493 e. The molecule has 0 atom stereocenters. The molecule has 3 aromatic carbocycles. The van der Waals surface area contributed by atoms with Crippen molar-refractivity contribution in [3.05, 3.63) is 89.0 Å². The van der Waals surface area contributed by atoms with Gasteiger partial charge in [0.1, 0.15) is 0 Å². The van der Waals surface area contributed by atoms with E-state index in [2.05, 4.69) is 10.6 Å². The molecule has 0 unspecified atom stereocenters. The smallest absolute Gasteiger partial charge is 0.255 e. The standard InChI is InChI=1S/C25H26N2O4/c1-17-8-11-19(12-9-17)24(28)27-21-7-5-4-6-20(21)25(29)26-15-14-18-10-13-22(30-2)23(16-18)31-3/h4-13,16H,14-15H2,1-3H3,(H,26,29)(H,27,28). The van der Waals surface area contributed by atoms with Crippen LogP contribution < -0.4 is 20.1 Å². The number of carbonyl (C=O) groups excluding carboxylic acids is 2. The number of aryl methyl sites for hydroxylation is 1. The van der Waals surface area contributed by atoms with Crippen molar-refractivity contribution in [2.45, 2.75) is 13.3 Å². The zero-order valence-electron chi connectivity index (χ0n) is 17.9. The number of benzene rings is 3. The highest BCUT2D eigenvalue weighted by Gasteiger charge is 2.14. The van der Waals surface area contributed by atoms with E-state index in [9.17, 15) is 9.59 Å². The Morgan fingerprint density at radius 2 is 1.55 bits per heavy atom. The summed E-state index contributed by atoms with van der Waals surface area (Å²) in [6, 6.07) is 19.9. The molecule has 0 saturated carbocycles. The minimum Gasteiger partial charge on any atom is -0.493 e. The van der Waals surface area contributed by atoms with Gasteiger partial charge in [0.2, 0.25) is 0 Å². The van der Waals surface area contributed by atoms with Crippen molar-refractivity contribution in [1.29, 1.82) is 0 Å². The minimum atomic E-state index is -0.259. The second-order valence-corrected chi connectivity index (χ2v) is 7.06. The van der Waals surface area contributed by atoms with Crippen LogP contribution in [0.3, 0.4) is 0 Å². The third kappa shape index (κ3) is 5.63. The number of nitrogens with one attached hydrogen (secondary N) is 2. The van der Waals surface area contributed by atoms with Crippen LogP contribution in [0, 0.1) is 6.92 Å². The number of carbonyl (C=O) groups is 2. The Balaban J connectivity index is 1.63. The first-order valence-corrected chi connectivity index (χ1v) is 9.98. The first kappa shape index (κ1) is 21.9. The van der Waals surface area contributed by atoms with Crippen molar-refractivity contribution >= 4 is 17.5 Å². The van der Waals surface area contributed by atoms with Crippen LogP contribution in [0.4, 0.5) is 5.69 Å². The van der Waals surface area contributed by atoms with Crippen molar-refractivity contribution < 1.29 is 19.1 Å². The Bertz CT molecular complexity index is 1060. The van der Waals surface area contributed by atoms with Crippen LogP contribution in [0.5, 0.6) is 11.5 Å². The van der Waals surface area contributed by atoms with E-state index in [-0.39, 0.29) is 11.8 Å². The van der Waals surface area contributed by atoms with Crippen LogP contribution in [0.15, 0.2) is 66.7 Å².